The van der Waals surface area contributed by atoms with Crippen LogP contribution in [-0.2, 0) is 90.0 Å². The van der Waals surface area contributed by atoms with Crippen LogP contribution in [0.5, 0.6) is 0 Å². The molecular weight excluding hydrogens is 1930 g/mol. The van der Waals surface area contributed by atoms with E-state index in [2.05, 4.69) is 154 Å². The quantitative estimate of drug-likeness (QED) is 0.112. The molecule has 16 nitrogen and oxygen atoms in total. The van der Waals surface area contributed by atoms with Crippen molar-refractivity contribution in [2.75, 3.05) is 0 Å². The summed E-state index contributed by atoms with van der Waals surface area (Å²) in [4.78, 5) is 43.9. The predicted molar refractivity (Wildman–Crippen MR) is 686 cm³/mol. The number of hydrogen-bond donors (Lipinski definition) is 4. The number of aromatic amines is 4. The van der Waals surface area contributed by atoms with E-state index in [4.69, 9.17) is 13.3 Å². The van der Waals surface area contributed by atoms with Gasteiger partial charge in [-0.05, 0) is 244 Å². The molecule has 0 fully saturated rings. The number of thiophene rings is 3. The molecule has 0 amide bonds. The lowest BCUT2D eigenvalue weighted by molar-refractivity contribution is 0.486. The highest BCUT2D eigenvalue weighted by Gasteiger charge is 2.16. The Balaban J connectivity index is -0.000000133. The third kappa shape index (κ3) is 73.3. The Bertz CT molecular complexity index is 4260. The van der Waals surface area contributed by atoms with E-state index in [1.807, 2.05) is 428 Å². The Morgan fingerprint density at radius 1 is 0.275 bits per heavy atom. The number of fused-ring (bicyclic) bond motifs is 12. The summed E-state index contributed by atoms with van der Waals surface area (Å²) in [6, 6.07) is 43.1. The van der Waals surface area contributed by atoms with E-state index < -0.39 is 0 Å². The zero-order valence-electron chi connectivity index (χ0n) is 105. The van der Waals surface area contributed by atoms with Crippen LogP contribution in [-0.4, -0.2) is 64.6 Å². The van der Waals surface area contributed by atoms with Gasteiger partial charge in [0, 0.05) is 81.2 Å². The van der Waals surface area contributed by atoms with E-state index in [1.165, 1.54) is 209 Å². The van der Waals surface area contributed by atoms with Gasteiger partial charge in [-0.1, -0.05) is 381 Å². The SMILES string of the molecule is CC.CC.CC.CC.CC.CC.CC.CC.CC.CC.CC.CC.CC.CC.CC.CC.CC.CC.CC.CC.CC.CC.CC.CC.c1cc2c([nH]1)CCC2.c1cc2c(o1)CCC2.c1cc2c(s1)CCC2.c1cc2n(n1)CCCC2.c1cc2ncsc2s1.c1ccc2[nH]ccc2c1.c1ccc2[nH]cnc2c1.c1ccc2sccc2c1.c1cnc2ncoc2c1.c1nc2c([nH]1)CCC2.c1nc2c(o1)CCC2.c1nc2c(s1)CCC2. The van der Waals surface area contributed by atoms with E-state index in [-0.39, 0.29) is 0 Å². The Hall–Kier alpha value is -9.64. The van der Waals surface area contributed by atoms with Crippen molar-refractivity contribution in [3.05, 3.63) is 283 Å². The van der Waals surface area contributed by atoms with Gasteiger partial charge in [-0.2, -0.15) is 10.1 Å². The van der Waals surface area contributed by atoms with E-state index >= 15 is 0 Å². The molecule has 149 heavy (non-hydrogen) atoms. The number of aryl methyl sites for hydroxylation is 14. The topological polar surface area (TPSA) is 211 Å². The first-order valence-electron chi connectivity index (χ1n) is 58.9. The fourth-order valence-electron chi connectivity index (χ4n) is 12.7. The fourth-order valence-corrected chi connectivity index (χ4v) is 16.9. The molecule has 0 unspecified atom stereocenters. The van der Waals surface area contributed by atoms with E-state index in [1.54, 1.807) is 80.9 Å². The lowest BCUT2D eigenvalue weighted by Crippen LogP contribution is -2.10. The molecule has 0 atom stereocenters. The summed E-state index contributed by atoms with van der Waals surface area (Å²) in [7, 11) is 0. The Morgan fingerprint density at radius 3 is 1.37 bits per heavy atom. The minimum atomic E-state index is 0.664. The van der Waals surface area contributed by atoms with Gasteiger partial charge < -0.3 is 33.2 Å². The van der Waals surface area contributed by atoms with Crippen molar-refractivity contribution < 1.29 is 13.3 Å². The van der Waals surface area contributed by atoms with Gasteiger partial charge in [0.25, 0.3) is 0 Å². The van der Waals surface area contributed by atoms with Crippen molar-refractivity contribution in [3.8, 4) is 0 Å². The van der Waals surface area contributed by atoms with Crippen LogP contribution in [0, 0.1) is 0 Å². The maximum Gasteiger partial charge on any atom is 0.198 e. The molecule has 0 saturated carbocycles. The molecule has 6 aliphatic carbocycles. The van der Waals surface area contributed by atoms with Crippen molar-refractivity contribution in [1.29, 1.82) is 0 Å². The minimum absolute atomic E-state index is 0.664. The van der Waals surface area contributed by atoms with Crippen molar-refractivity contribution in [2.24, 2.45) is 0 Å². The molecule has 852 valence electrons. The molecule has 15 heterocycles. The number of para-hydroxylation sites is 3. The van der Waals surface area contributed by atoms with Crippen LogP contribution in [0.1, 0.15) is 456 Å². The number of rotatable bonds is 0. The van der Waals surface area contributed by atoms with Crippen molar-refractivity contribution in [3.63, 3.8) is 0 Å². The van der Waals surface area contributed by atoms with E-state index in [0.29, 0.717) is 5.65 Å². The van der Waals surface area contributed by atoms with Gasteiger partial charge >= 0.3 is 0 Å². The number of imidazole rings is 2. The van der Waals surface area contributed by atoms with Crippen LogP contribution >= 0.6 is 56.7 Å². The molecule has 0 saturated heterocycles. The van der Waals surface area contributed by atoms with Gasteiger partial charge in [-0.3, -0.25) is 4.68 Å². The second-order valence-corrected chi connectivity index (χ2v) is 29.6. The molecule has 0 bridgehead atoms. The van der Waals surface area contributed by atoms with Crippen LogP contribution in [0.25, 0.3) is 52.8 Å². The van der Waals surface area contributed by atoms with Gasteiger partial charge in [-0.25, -0.2) is 29.9 Å². The van der Waals surface area contributed by atoms with E-state index in [0.717, 1.165) is 53.7 Å². The normalized spacial score (nSPS) is 10.4. The predicted octanol–water partition coefficient (Wildman–Crippen LogP) is 45.3. The largest absolute Gasteiger partial charge is 0.469 e. The zero-order chi connectivity index (χ0) is 116. The molecular formula is C128H227N13O3S5. The van der Waals surface area contributed by atoms with Gasteiger partial charge in [0.15, 0.2) is 24.0 Å². The first kappa shape index (κ1) is 164. The summed E-state index contributed by atoms with van der Waals surface area (Å²) < 4.78 is 20.0. The fraction of sp³-hybridized carbons (Fsp3) is 0.547. The highest BCUT2D eigenvalue weighted by atomic mass is 32.2. The Morgan fingerprint density at radius 2 is 0.785 bits per heavy atom. The Labute approximate surface area is 937 Å². The molecule has 21 heteroatoms. The number of benzene rings is 3. The summed E-state index contributed by atoms with van der Waals surface area (Å²) in [6.45, 7) is 97.1. The standard InChI is InChI=1S/C8H7N.C8H6S.C7H10N2.C7H6N2.C7H9N.C7H8O.C7H8S.C6H4N2O.C6H8N2.C6H7NO.C6H7NS.C5H3NS2.24C2H6/c2*1-2-4-8-7(3-1)5-6-9-8;1-2-6-9-7(3-1)4-5-8-9;1-2-4-7-6(3-1)8-5-9-7;3*1-2-6-4-5-8-7(6)3-1;1-2-5-6(7-3-1)8-4-9-5;3*1-2-5-6(3-1)8-4-7-5;1-2-7-5-4(1)6-3-8-5;24*1-2/h1-6,9H;1-6H;4-5H,1-3,6H2;1-5H,(H,8,9);4-5,8H,1-3H2;2*4-5H,1-3H2;1-4H;4H,1-3H2,(H,7,8);2*4H,1-3H2;1-3H;24*1-2H3. The second kappa shape index (κ2) is 134. The number of thiazole rings is 2. The summed E-state index contributed by atoms with van der Waals surface area (Å²) in [5, 5.41) is 13.2. The summed E-state index contributed by atoms with van der Waals surface area (Å²) >= 11 is 8.95. The van der Waals surface area contributed by atoms with Gasteiger partial charge in [-0.15, -0.1) is 56.7 Å². The van der Waals surface area contributed by atoms with Gasteiger partial charge in [0.1, 0.15) is 15.5 Å². The monoisotopic (exact) mass is 2150 g/mol. The first-order valence-corrected chi connectivity index (χ1v) is 63.3. The Kier molecular flexibility index (Phi) is 148. The lowest BCUT2D eigenvalue weighted by Gasteiger charge is -2.11. The van der Waals surface area contributed by atoms with Crippen LogP contribution in [0.15, 0.2) is 224 Å². The maximum absolute atomic E-state index is 5.18. The maximum atomic E-state index is 5.18. The number of nitrogens with zero attached hydrogens (tertiary/aromatic N) is 9. The molecule has 0 radical (unpaired) electrons. The molecule has 1 aliphatic heterocycles. The van der Waals surface area contributed by atoms with Crippen LogP contribution in [0.4, 0.5) is 0 Å². The highest BCUT2D eigenvalue weighted by molar-refractivity contribution is 7.36. The lowest BCUT2D eigenvalue weighted by atomic mass is 10.1. The minimum Gasteiger partial charge on any atom is -0.469 e. The number of aromatic nitrogens is 13. The summed E-state index contributed by atoms with van der Waals surface area (Å²) in [5.41, 5.74) is 22.3. The number of H-pyrrole nitrogens is 4. The molecule has 0 spiro atoms. The van der Waals surface area contributed by atoms with Crippen molar-refractivity contribution in [1.82, 2.24) is 64.6 Å². The third-order valence-electron chi connectivity index (χ3n) is 18.0. The number of pyridine rings is 1. The number of nitrogens with one attached hydrogen (secondary N) is 4. The van der Waals surface area contributed by atoms with Crippen LogP contribution in [0.3, 0.4) is 0 Å². The molecule has 7 aliphatic rings. The highest BCUT2D eigenvalue weighted by Crippen LogP contribution is 2.28. The van der Waals surface area contributed by atoms with Gasteiger partial charge in [0.2, 0.25) is 0 Å². The first-order chi connectivity index (χ1) is 74.1. The molecule has 3 aromatic carbocycles. The molecule has 14 aromatic heterocycles. The average molecular weight is 2160 g/mol. The molecule has 17 aromatic rings. The second-order valence-electron chi connectivity index (χ2n) is 24.7. The van der Waals surface area contributed by atoms with Crippen molar-refractivity contribution >= 4 is 109 Å². The molecule has 4 N–H and O–H groups in total. The number of hydrogen-bond acceptors (Lipinski definition) is 16. The number of oxazole rings is 2. The number of furan rings is 1. The average Bonchev–Trinajstić information content (AvgIpc) is 1.72. The summed E-state index contributed by atoms with van der Waals surface area (Å²) in [6.07, 6.45) is 42.2. The summed E-state index contributed by atoms with van der Waals surface area (Å²) in [5.74, 6) is 2.31. The zero-order valence-corrected chi connectivity index (χ0v) is 109. The molecule has 24 rings (SSSR count). The smallest absolute Gasteiger partial charge is 0.198 e. The van der Waals surface area contributed by atoms with Crippen molar-refractivity contribution in [2.45, 2.75) is 474 Å². The van der Waals surface area contributed by atoms with Crippen LogP contribution in [0.2, 0.25) is 0 Å². The third-order valence-corrected chi connectivity index (χ3v) is 22.8. The van der Waals surface area contributed by atoms with E-state index in [9.17, 15) is 0 Å². The van der Waals surface area contributed by atoms with Gasteiger partial charge in [0.05, 0.1) is 63.6 Å². The van der Waals surface area contributed by atoms with Crippen LogP contribution < -0.4 is 0 Å².